The van der Waals surface area contributed by atoms with Crippen LogP contribution in [0.2, 0.25) is 0 Å². The van der Waals surface area contributed by atoms with Gasteiger partial charge in [0.15, 0.2) is 0 Å². The van der Waals surface area contributed by atoms with Crippen LogP contribution in [0.5, 0.6) is 0 Å². The van der Waals surface area contributed by atoms with Crippen molar-refractivity contribution in [2.75, 3.05) is 0 Å². The van der Waals surface area contributed by atoms with Crippen molar-refractivity contribution in [2.24, 2.45) is 0 Å². The molecule has 0 fully saturated rings. The molecule has 15 heavy (non-hydrogen) atoms. The molecule has 1 aromatic heterocycles. The summed E-state index contributed by atoms with van der Waals surface area (Å²) in [6.45, 7) is 2.14. The van der Waals surface area contributed by atoms with E-state index in [-0.39, 0.29) is 0 Å². The van der Waals surface area contributed by atoms with Gasteiger partial charge in [-0.05, 0) is 30.0 Å². The molecule has 0 amide bonds. The van der Waals surface area contributed by atoms with Crippen LogP contribution in [-0.4, -0.2) is 10.2 Å². The summed E-state index contributed by atoms with van der Waals surface area (Å²) in [5.74, 6) is 0. The fraction of sp³-hybridized carbons (Fsp3) is 0.154. The molecular weight excluding hydrogens is 184 g/mol. The van der Waals surface area contributed by atoms with Crippen molar-refractivity contribution in [2.45, 2.75) is 13.3 Å². The summed E-state index contributed by atoms with van der Waals surface area (Å²) in [5.41, 5.74) is 3.55. The van der Waals surface area contributed by atoms with Gasteiger partial charge in [-0.25, -0.2) is 0 Å². The van der Waals surface area contributed by atoms with Crippen molar-refractivity contribution >= 4 is 0 Å². The highest BCUT2D eigenvalue weighted by atomic mass is 15.1. The second kappa shape index (κ2) is 4.69. The van der Waals surface area contributed by atoms with Gasteiger partial charge in [0.2, 0.25) is 0 Å². The van der Waals surface area contributed by atoms with E-state index in [9.17, 15) is 0 Å². The number of rotatable bonds is 3. The summed E-state index contributed by atoms with van der Waals surface area (Å²) in [7, 11) is 0. The zero-order valence-corrected chi connectivity index (χ0v) is 8.72. The quantitative estimate of drug-likeness (QED) is 0.755. The van der Waals surface area contributed by atoms with Crippen LogP contribution < -0.4 is 0 Å². The molecule has 0 aliphatic heterocycles. The zero-order valence-electron chi connectivity index (χ0n) is 8.72. The summed E-state index contributed by atoms with van der Waals surface area (Å²) < 4.78 is 0. The third-order valence-corrected chi connectivity index (χ3v) is 2.27. The number of hydrogen-bond donors (Lipinski definition) is 0. The first-order valence-electron chi connectivity index (χ1n) is 5.10. The van der Waals surface area contributed by atoms with Crippen molar-refractivity contribution in [3.8, 4) is 11.1 Å². The smallest absolute Gasteiger partial charge is 0.0574 e. The summed E-state index contributed by atoms with van der Waals surface area (Å²) in [4.78, 5) is 0. The summed E-state index contributed by atoms with van der Waals surface area (Å²) in [6.07, 6.45) is 6.75. The third-order valence-electron chi connectivity index (χ3n) is 2.27. The topological polar surface area (TPSA) is 25.8 Å². The van der Waals surface area contributed by atoms with Crippen LogP contribution in [0.25, 0.3) is 11.1 Å². The normalized spacial score (nSPS) is 10.2. The molecule has 0 aliphatic rings. The van der Waals surface area contributed by atoms with E-state index in [1.165, 1.54) is 11.1 Å². The molecule has 1 radical (unpaired) electrons. The van der Waals surface area contributed by atoms with E-state index in [0.29, 0.717) is 0 Å². The largest absolute Gasteiger partial charge is 0.159 e. The lowest BCUT2D eigenvalue weighted by Gasteiger charge is -2.02. The van der Waals surface area contributed by atoms with Crippen molar-refractivity contribution in [3.05, 3.63) is 54.7 Å². The molecule has 0 spiro atoms. The molecule has 2 nitrogen and oxygen atoms in total. The minimum atomic E-state index is 1.07. The Hall–Kier alpha value is -1.70. The van der Waals surface area contributed by atoms with E-state index in [0.717, 1.165) is 12.0 Å². The molecule has 0 atom stereocenters. The number of hydrogen-bond acceptors (Lipinski definition) is 2. The molecule has 1 heterocycles. The van der Waals surface area contributed by atoms with E-state index in [1.54, 1.807) is 12.4 Å². The average Bonchev–Trinajstić information content (AvgIpc) is 2.32. The van der Waals surface area contributed by atoms with Gasteiger partial charge in [0, 0.05) is 5.56 Å². The van der Waals surface area contributed by atoms with Gasteiger partial charge in [0.05, 0.1) is 12.4 Å². The summed E-state index contributed by atoms with van der Waals surface area (Å²) in [6, 6.07) is 10.4. The van der Waals surface area contributed by atoms with Gasteiger partial charge in [0.25, 0.3) is 0 Å². The molecule has 0 saturated heterocycles. The lowest BCUT2D eigenvalue weighted by atomic mass is 10.0. The molecule has 2 aromatic rings. The highest BCUT2D eigenvalue weighted by molar-refractivity contribution is 5.62. The maximum absolute atomic E-state index is 3.86. The Morgan fingerprint density at radius 3 is 2.40 bits per heavy atom. The van der Waals surface area contributed by atoms with E-state index in [2.05, 4.69) is 47.8 Å². The first kappa shape index (κ1) is 9.84. The third kappa shape index (κ3) is 2.40. The average molecular weight is 197 g/mol. The maximum Gasteiger partial charge on any atom is 0.0574 e. The van der Waals surface area contributed by atoms with E-state index >= 15 is 0 Å². The maximum atomic E-state index is 3.86. The summed E-state index contributed by atoms with van der Waals surface area (Å²) >= 11 is 0. The Kier molecular flexibility index (Phi) is 3.08. The van der Waals surface area contributed by atoms with Crippen molar-refractivity contribution in [3.63, 3.8) is 0 Å². The first-order valence-corrected chi connectivity index (χ1v) is 5.10. The molecule has 2 heteroatoms. The Bertz CT molecular complexity index is 406. The van der Waals surface area contributed by atoms with Crippen LogP contribution in [0.15, 0.2) is 42.7 Å². The van der Waals surface area contributed by atoms with Gasteiger partial charge >= 0.3 is 0 Å². The van der Waals surface area contributed by atoms with Crippen molar-refractivity contribution in [1.29, 1.82) is 0 Å². The number of benzene rings is 1. The van der Waals surface area contributed by atoms with Gasteiger partial charge < -0.3 is 0 Å². The van der Waals surface area contributed by atoms with Gasteiger partial charge in [0.1, 0.15) is 0 Å². The number of nitrogens with zero attached hydrogens (tertiary/aromatic N) is 2. The van der Waals surface area contributed by atoms with E-state index in [1.807, 2.05) is 6.07 Å². The predicted molar refractivity (Wildman–Crippen MR) is 61.2 cm³/mol. The molecule has 0 unspecified atom stereocenters. The molecule has 1 aromatic carbocycles. The molecule has 0 aliphatic carbocycles. The Morgan fingerprint density at radius 1 is 1.00 bits per heavy atom. The van der Waals surface area contributed by atoms with E-state index < -0.39 is 0 Å². The van der Waals surface area contributed by atoms with Crippen LogP contribution in [0, 0.1) is 6.42 Å². The van der Waals surface area contributed by atoms with Crippen LogP contribution in [-0.2, 0) is 0 Å². The lowest BCUT2D eigenvalue weighted by molar-refractivity contribution is 1.03. The van der Waals surface area contributed by atoms with Crippen molar-refractivity contribution < 1.29 is 0 Å². The highest BCUT2D eigenvalue weighted by Crippen LogP contribution is 2.18. The first-order chi connectivity index (χ1) is 7.40. The second-order valence-electron chi connectivity index (χ2n) is 3.37. The predicted octanol–water partition coefficient (Wildman–Crippen LogP) is 3.11. The van der Waals surface area contributed by atoms with Crippen molar-refractivity contribution in [1.82, 2.24) is 10.2 Å². The zero-order chi connectivity index (χ0) is 10.5. The molecule has 0 saturated carbocycles. The Labute approximate surface area is 90.0 Å². The minimum absolute atomic E-state index is 1.07. The number of aromatic nitrogens is 2. The molecule has 2 rings (SSSR count). The second-order valence-corrected chi connectivity index (χ2v) is 3.37. The Balaban J connectivity index is 2.24. The molecule has 0 bridgehead atoms. The van der Waals surface area contributed by atoms with Gasteiger partial charge in [-0.2, -0.15) is 10.2 Å². The van der Waals surface area contributed by atoms with Crippen LogP contribution in [0.3, 0.4) is 0 Å². The standard InChI is InChI=1S/C13H13N2/c1-2-3-11-4-6-12(7-5-11)13-8-9-14-15-10-13/h3-10H,2H2,1H3. The lowest BCUT2D eigenvalue weighted by Crippen LogP contribution is -1.84. The minimum Gasteiger partial charge on any atom is -0.159 e. The highest BCUT2D eigenvalue weighted by Gasteiger charge is 1.97. The fourth-order valence-corrected chi connectivity index (χ4v) is 1.51. The SMILES string of the molecule is CC[CH]c1ccc(-c2ccnnc2)cc1. The molecular formula is C13H13N2. The van der Waals surface area contributed by atoms with Gasteiger partial charge in [-0.15, -0.1) is 0 Å². The fourth-order valence-electron chi connectivity index (χ4n) is 1.51. The Morgan fingerprint density at radius 2 is 1.80 bits per heavy atom. The van der Waals surface area contributed by atoms with Gasteiger partial charge in [-0.1, -0.05) is 31.2 Å². The van der Waals surface area contributed by atoms with Crippen LogP contribution in [0.1, 0.15) is 18.9 Å². The molecule has 75 valence electrons. The van der Waals surface area contributed by atoms with Crippen LogP contribution >= 0.6 is 0 Å². The van der Waals surface area contributed by atoms with E-state index in [4.69, 9.17) is 0 Å². The monoisotopic (exact) mass is 197 g/mol. The molecule has 0 N–H and O–H groups in total. The van der Waals surface area contributed by atoms with Crippen LogP contribution in [0.4, 0.5) is 0 Å². The summed E-state index contributed by atoms with van der Waals surface area (Å²) in [5, 5.41) is 7.62. The van der Waals surface area contributed by atoms with Gasteiger partial charge in [-0.3, -0.25) is 0 Å².